The third-order valence-corrected chi connectivity index (χ3v) is 4.51. The van der Waals surface area contributed by atoms with Crippen LogP contribution in [0.3, 0.4) is 0 Å². The molecule has 3 rings (SSSR count). The quantitative estimate of drug-likeness (QED) is 0.836. The fourth-order valence-electron chi connectivity index (χ4n) is 3.32. The number of hydrogen-bond donors (Lipinski definition) is 0. The molecule has 24 heavy (non-hydrogen) atoms. The monoisotopic (exact) mass is 339 g/mol. The third-order valence-electron chi connectivity index (χ3n) is 4.51. The van der Waals surface area contributed by atoms with Crippen LogP contribution in [0.1, 0.15) is 37.4 Å². The van der Waals surface area contributed by atoms with Crippen molar-refractivity contribution in [2.45, 2.75) is 51.9 Å². The van der Waals surface area contributed by atoms with E-state index in [1.54, 1.807) is 19.2 Å². The van der Waals surface area contributed by atoms with Crippen LogP contribution < -0.4 is 0 Å². The van der Waals surface area contributed by atoms with E-state index >= 15 is 0 Å². The Morgan fingerprint density at radius 3 is 2.75 bits per heavy atom. The molecule has 4 nitrogen and oxygen atoms in total. The van der Waals surface area contributed by atoms with Crippen molar-refractivity contribution in [2.24, 2.45) is 0 Å². The number of likely N-dealkylation sites (tertiary alicyclic amines) is 1. The standard InChI is InChI=1S/C17H20F3N3O/c1-11-7-13-8-14(17(18,19)20)21-16(13)22(9-11)10-15(24)23-6-4-3-5-12(23)2/h7-9,12H,3-6,10H2,1-2H3/t12-/m1/s1. The topological polar surface area (TPSA) is 38.1 Å². The van der Waals surface area contributed by atoms with E-state index < -0.39 is 11.9 Å². The molecular weight excluding hydrogens is 319 g/mol. The number of piperidine rings is 1. The van der Waals surface area contributed by atoms with Gasteiger partial charge in [-0.25, -0.2) is 4.98 Å². The number of halogens is 3. The maximum Gasteiger partial charge on any atom is 0.433 e. The summed E-state index contributed by atoms with van der Waals surface area (Å²) in [6, 6.07) is 2.86. The SMILES string of the molecule is Cc1cc2cc(C(F)(F)F)nc-2n(CC(=O)N2CCCC[C@H]2C)c1. The number of aromatic nitrogens is 2. The molecule has 1 fully saturated rings. The second kappa shape index (κ2) is 6.11. The Labute approximate surface area is 138 Å². The van der Waals surface area contributed by atoms with Gasteiger partial charge in [-0.3, -0.25) is 4.79 Å². The number of fused-ring (bicyclic) bond motifs is 1. The highest BCUT2D eigenvalue weighted by molar-refractivity contribution is 5.77. The lowest BCUT2D eigenvalue weighted by Crippen LogP contribution is -2.43. The lowest BCUT2D eigenvalue weighted by Gasteiger charge is -2.33. The molecule has 0 bridgehead atoms. The molecule has 0 saturated carbocycles. The highest BCUT2D eigenvalue weighted by Gasteiger charge is 2.35. The first kappa shape index (κ1) is 16.8. The highest BCUT2D eigenvalue weighted by Crippen LogP contribution is 2.34. The Kier molecular flexibility index (Phi) is 4.27. The first-order valence-electron chi connectivity index (χ1n) is 8.10. The molecule has 3 aliphatic rings. The first-order valence-corrected chi connectivity index (χ1v) is 8.10. The van der Waals surface area contributed by atoms with Crippen molar-refractivity contribution in [1.82, 2.24) is 14.5 Å². The van der Waals surface area contributed by atoms with Gasteiger partial charge in [0.25, 0.3) is 0 Å². The Bertz CT molecular complexity index is 723. The van der Waals surface area contributed by atoms with Gasteiger partial charge in [0, 0.05) is 24.3 Å². The zero-order valence-corrected chi connectivity index (χ0v) is 13.7. The molecule has 3 aliphatic heterocycles. The van der Waals surface area contributed by atoms with Crippen LogP contribution in [0.25, 0.3) is 11.4 Å². The molecule has 0 unspecified atom stereocenters. The van der Waals surface area contributed by atoms with Gasteiger partial charge in [0.15, 0.2) is 0 Å². The van der Waals surface area contributed by atoms with Crippen molar-refractivity contribution in [2.75, 3.05) is 6.54 Å². The molecule has 0 aliphatic carbocycles. The summed E-state index contributed by atoms with van der Waals surface area (Å²) in [5, 5.41) is 0. The molecule has 7 heteroatoms. The smallest absolute Gasteiger partial charge is 0.338 e. The van der Waals surface area contributed by atoms with Crippen molar-refractivity contribution in [1.29, 1.82) is 0 Å². The molecule has 0 N–H and O–H groups in total. The van der Waals surface area contributed by atoms with Crippen LogP contribution in [0.5, 0.6) is 0 Å². The minimum Gasteiger partial charge on any atom is -0.338 e. The number of nitrogens with zero attached hydrogens (tertiary/aromatic N) is 3. The van der Waals surface area contributed by atoms with E-state index in [1.807, 2.05) is 11.8 Å². The van der Waals surface area contributed by atoms with Crippen LogP contribution in [0.2, 0.25) is 0 Å². The number of aryl methyl sites for hydroxylation is 1. The lowest BCUT2D eigenvalue weighted by atomic mass is 10.0. The van der Waals surface area contributed by atoms with Crippen LogP contribution in [0.4, 0.5) is 13.2 Å². The number of carbonyl (C=O) groups is 1. The van der Waals surface area contributed by atoms with Gasteiger partial charge in [-0.15, -0.1) is 0 Å². The summed E-state index contributed by atoms with van der Waals surface area (Å²) in [5.41, 5.74) is 0.278. The first-order chi connectivity index (χ1) is 11.3. The zero-order chi connectivity index (χ0) is 17.5. The maximum atomic E-state index is 12.9. The number of alkyl halides is 3. The normalized spacial score (nSPS) is 19.0. The summed E-state index contributed by atoms with van der Waals surface area (Å²) in [6.45, 7) is 4.52. The van der Waals surface area contributed by atoms with Crippen LogP contribution in [0, 0.1) is 6.92 Å². The number of pyridine rings is 1. The van der Waals surface area contributed by atoms with Crippen LogP contribution in [-0.2, 0) is 17.5 Å². The molecule has 130 valence electrons. The second-order valence-electron chi connectivity index (χ2n) is 6.50. The molecule has 0 aromatic rings. The summed E-state index contributed by atoms with van der Waals surface area (Å²) < 4.78 is 40.3. The van der Waals surface area contributed by atoms with Gasteiger partial charge >= 0.3 is 6.18 Å². The predicted molar refractivity (Wildman–Crippen MR) is 83.6 cm³/mol. The van der Waals surface area contributed by atoms with Gasteiger partial charge in [-0.2, -0.15) is 13.2 Å². The average Bonchev–Trinajstić information content (AvgIpc) is 2.91. The number of rotatable bonds is 2. The van der Waals surface area contributed by atoms with Gasteiger partial charge in [0.2, 0.25) is 5.91 Å². The third kappa shape index (κ3) is 3.25. The Balaban J connectivity index is 1.91. The molecule has 0 aromatic carbocycles. The predicted octanol–water partition coefficient (Wildman–Crippen LogP) is 3.72. The summed E-state index contributed by atoms with van der Waals surface area (Å²) in [7, 11) is 0. The minimum atomic E-state index is -4.49. The fraction of sp³-hybridized carbons (Fsp3) is 0.529. The summed E-state index contributed by atoms with van der Waals surface area (Å²) >= 11 is 0. The average molecular weight is 339 g/mol. The van der Waals surface area contributed by atoms with Crippen molar-refractivity contribution in [3.05, 3.63) is 29.6 Å². The van der Waals surface area contributed by atoms with Gasteiger partial charge in [-0.1, -0.05) is 0 Å². The van der Waals surface area contributed by atoms with E-state index in [0.29, 0.717) is 12.1 Å². The summed E-state index contributed by atoms with van der Waals surface area (Å²) in [6.07, 6.45) is 0.230. The second-order valence-corrected chi connectivity index (χ2v) is 6.50. The Hall–Kier alpha value is -2.05. The Morgan fingerprint density at radius 1 is 1.33 bits per heavy atom. The molecule has 1 amide bonds. The van der Waals surface area contributed by atoms with Crippen LogP contribution in [-0.4, -0.2) is 32.9 Å². The molecule has 0 radical (unpaired) electrons. The zero-order valence-electron chi connectivity index (χ0n) is 13.7. The molecule has 0 spiro atoms. The number of carbonyl (C=O) groups excluding carboxylic acids is 1. The Morgan fingerprint density at radius 2 is 2.08 bits per heavy atom. The van der Waals surface area contributed by atoms with E-state index in [1.165, 1.54) is 4.57 Å². The van der Waals surface area contributed by atoms with Gasteiger partial charge < -0.3 is 9.47 Å². The van der Waals surface area contributed by atoms with E-state index in [9.17, 15) is 18.0 Å². The number of hydrogen-bond acceptors (Lipinski definition) is 2. The fourth-order valence-corrected chi connectivity index (χ4v) is 3.32. The summed E-state index contributed by atoms with van der Waals surface area (Å²) in [5.74, 6) is 0.126. The number of amides is 1. The summed E-state index contributed by atoms with van der Waals surface area (Å²) in [4.78, 5) is 18.1. The maximum absolute atomic E-state index is 12.9. The largest absolute Gasteiger partial charge is 0.433 e. The van der Waals surface area contributed by atoms with Crippen molar-refractivity contribution < 1.29 is 18.0 Å². The highest BCUT2D eigenvalue weighted by atomic mass is 19.4. The molecule has 0 aromatic heterocycles. The van der Waals surface area contributed by atoms with Gasteiger partial charge in [-0.05, 0) is 50.8 Å². The molecule has 1 saturated heterocycles. The lowest BCUT2D eigenvalue weighted by molar-refractivity contribution is -0.140. The van der Waals surface area contributed by atoms with Gasteiger partial charge in [0.05, 0.1) is 0 Å². The van der Waals surface area contributed by atoms with E-state index in [0.717, 1.165) is 30.9 Å². The molecular formula is C17H20F3N3O. The van der Waals surface area contributed by atoms with E-state index in [2.05, 4.69) is 4.98 Å². The van der Waals surface area contributed by atoms with E-state index in [-0.39, 0.29) is 24.3 Å². The van der Waals surface area contributed by atoms with Gasteiger partial charge in [0.1, 0.15) is 18.1 Å². The van der Waals surface area contributed by atoms with Crippen molar-refractivity contribution in [3.63, 3.8) is 0 Å². The van der Waals surface area contributed by atoms with Crippen molar-refractivity contribution >= 4 is 5.91 Å². The molecule has 3 heterocycles. The van der Waals surface area contributed by atoms with E-state index in [4.69, 9.17) is 0 Å². The molecule has 1 atom stereocenters. The van der Waals surface area contributed by atoms with Crippen molar-refractivity contribution in [3.8, 4) is 11.4 Å². The van der Waals surface area contributed by atoms with Crippen LogP contribution in [0.15, 0.2) is 18.3 Å². The minimum absolute atomic E-state index is 0.0107. The van der Waals surface area contributed by atoms with Crippen LogP contribution >= 0.6 is 0 Å².